The van der Waals surface area contributed by atoms with Crippen LogP contribution in [0.2, 0.25) is 0 Å². The number of fused-ring (bicyclic) bond motifs is 10. The van der Waals surface area contributed by atoms with E-state index in [2.05, 4.69) is 464 Å². The first kappa shape index (κ1) is 65.5. The lowest BCUT2D eigenvalue weighted by Crippen LogP contribution is -2.10. The molecule has 6 heteroatoms. The fourth-order valence-electron chi connectivity index (χ4n) is 15.3. The van der Waals surface area contributed by atoms with Crippen molar-refractivity contribution in [3.05, 3.63) is 441 Å². The van der Waals surface area contributed by atoms with Gasteiger partial charge in [-0.25, -0.2) is 0 Å². The Hall–Kier alpha value is -13.5. The molecule has 0 aliphatic heterocycles. The van der Waals surface area contributed by atoms with Crippen LogP contribution in [0.5, 0.6) is 0 Å². The van der Waals surface area contributed by atoms with Crippen LogP contribution in [-0.4, -0.2) is 18.3 Å². The van der Waals surface area contributed by atoms with Gasteiger partial charge in [-0.05, 0) is 208 Å². The maximum atomic E-state index is 3.68. The molecule has 4 heterocycles. The van der Waals surface area contributed by atoms with Crippen molar-refractivity contribution < 1.29 is 0 Å². The summed E-state index contributed by atoms with van der Waals surface area (Å²) in [5.41, 5.74) is 27.7. The van der Waals surface area contributed by atoms with Crippen LogP contribution in [-0.2, 0) is 6.42 Å². The molecule has 0 aliphatic rings. The normalized spacial score (nSPS) is 11.3. The van der Waals surface area contributed by atoms with Crippen molar-refractivity contribution >= 4 is 98.4 Å². The van der Waals surface area contributed by atoms with E-state index in [4.69, 9.17) is 0 Å². The molecule has 0 atom stereocenters. The zero-order valence-electron chi connectivity index (χ0n) is 58.7. The Bertz CT molecular complexity index is 6270. The summed E-state index contributed by atoms with van der Waals surface area (Å²) in [6, 6.07) is 147. The minimum atomic E-state index is 0.962. The molecule has 20 rings (SSSR count). The van der Waals surface area contributed by atoms with Gasteiger partial charge in [0.2, 0.25) is 0 Å². The molecule has 0 fully saturated rings. The van der Waals surface area contributed by atoms with E-state index < -0.39 is 0 Å². The molecule has 20 aromatic rings. The molecule has 0 N–H and O–H groups in total. The zero-order chi connectivity index (χ0) is 71.4. The number of rotatable bonds is 13. The number of nitrogens with zero attached hydrogens (tertiary/aromatic N) is 5. The first-order valence-electron chi connectivity index (χ1n) is 36.4. The Labute approximate surface area is 631 Å². The molecule has 5 nitrogen and oxygen atoms in total. The first-order valence-corrected chi connectivity index (χ1v) is 37.2. The lowest BCUT2D eigenvalue weighted by Gasteiger charge is -2.26. The van der Waals surface area contributed by atoms with E-state index in [9.17, 15) is 0 Å². The average Bonchev–Trinajstić information content (AvgIpc) is 1.57. The van der Waals surface area contributed by atoms with Crippen LogP contribution < -0.4 is 4.90 Å². The molecule has 0 radical (unpaired) electrons. The number of para-hydroxylation sites is 4. The molecular weight excluding hydrogens is 1360 g/mol. The van der Waals surface area contributed by atoms with Crippen LogP contribution in [0.25, 0.3) is 133 Å². The summed E-state index contributed by atoms with van der Waals surface area (Å²) in [5, 5.41) is 7.51. The Balaban J connectivity index is 0.000000126. The molecule has 0 saturated heterocycles. The minimum Gasteiger partial charge on any atom is -0.317 e. The predicted octanol–water partition coefficient (Wildman–Crippen LogP) is 27.6. The predicted molar refractivity (Wildman–Crippen MR) is 455 cm³/mol. The van der Waals surface area contributed by atoms with Crippen LogP contribution in [0.4, 0.5) is 17.1 Å². The number of hydrogen-bond acceptors (Lipinski definition) is 1. The van der Waals surface area contributed by atoms with Crippen molar-refractivity contribution in [2.45, 2.75) is 6.42 Å². The fourth-order valence-corrected chi connectivity index (χ4v) is 15.7. The summed E-state index contributed by atoms with van der Waals surface area (Å²) in [6.45, 7) is 0. The standard InChI is InChI=1S/C50H35N3.C26H17BrN2.C25H20/c1-5-13-36(14-6-1)38-21-25-42(26-22-38)52(43-27-23-39(24-28-43)37-15-7-2-8-16-37)44-29-30-48-46(35-44)50-45-33-34-51(40-17-9-3-10-18-40)47(45)31-32-49(50)53(48)41-19-11-4-12-20-41;27-18-11-12-24-22(17-18)26-21-15-16-28(19-7-3-1-4-8-19)23(21)13-14-25(26)29(24)20-9-5-2-6-10-20;1-3-7-22(8-4-1)24-15-11-20(12-16-24)19-21-13-17-25(18-14-21)23-9-5-2-6-10-23/h1-35H;1-17H;1-18H,19H2. The van der Waals surface area contributed by atoms with Crippen molar-refractivity contribution in [1.29, 1.82) is 0 Å². The van der Waals surface area contributed by atoms with Crippen LogP contribution in [0.3, 0.4) is 0 Å². The first-order chi connectivity index (χ1) is 53.0. The van der Waals surface area contributed by atoms with Crippen LogP contribution in [0.1, 0.15) is 11.1 Å². The maximum absolute atomic E-state index is 3.68. The smallest absolute Gasteiger partial charge is 0.0548 e. The van der Waals surface area contributed by atoms with Crippen molar-refractivity contribution in [1.82, 2.24) is 18.3 Å². The Kier molecular flexibility index (Phi) is 17.9. The minimum absolute atomic E-state index is 0.962. The van der Waals surface area contributed by atoms with Gasteiger partial charge in [0, 0.05) is 89.0 Å². The van der Waals surface area contributed by atoms with Crippen LogP contribution in [0, 0.1) is 0 Å². The average molecular weight is 1440 g/mol. The quantitative estimate of drug-likeness (QED) is 0.113. The van der Waals surface area contributed by atoms with Crippen molar-refractivity contribution in [3.8, 4) is 67.3 Å². The van der Waals surface area contributed by atoms with Gasteiger partial charge >= 0.3 is 0 Å². The molecule has 0 amide bonds. The molecule has 0 unspecified atom stereocenters. The molecule has 0 saturated carbocycles. The van der Waals surface area contributed by atoms with Gasteiger partial charge in [0.05, 0.1) is 33.1 Å². The number of hydrogen-bond donors (Lipinski definition) is 0. The third-order valence-electron chi connectivity index (χ3n) is 20.5. The van der Waals surface area contributed by atoms with Gasteiger partial charge in [-0.3, -0.25) is 0 Å². The van der Waals surface area contributed by atoms with E-state index in [1.54, 1.807) is 0 Å². The number of anilines is 3. The fraction of sp³-hybridized carbons (Fsp3) is 0.00990. The highest BCUT2D eigenvalue weighted by Crippen LogP contribution is 2.44. The molecule has 4 aromatic heterocycles. The monoisotopic (exact) mass is 1430 g/mol. The third kappa shape index (κ3) is 13.1. The molecule has 508 valence electrons. The summed E-state index contributed by atoms with van der Waals surface area (Å²) in [7, 11) is 0. The third-order valence-corrected chi connectivity index (χ3v) is 21.0. The van der Waals surface area contributed by atoms with E-state index in [1.807, 2.05) is 0 Å². The van der Waals surface area contributed by atoms with Crippen LogP contribution in [0.15, 0.2) is 429 Å². The van der Waals surface area contributed by atoms with Crippen molar-refractivity contribution in [2.24, 2.45) is 0 Å². The SMILES string of the molecule is Brc1ccc2c(c1)c1c3ccn(-c4ccccc4)c3ccc1n2-c1ccccc1.c1ccc(-c2ccc(Cc3ccc(-c4ccccc4)cc3)cc2)cc1.c1ccc(-c2ccc(N(c3ccc(-c4ccccc4)cc3)c3ccc4c(c3)c3c5ccn(-c6ccccc6)c5ccc3n4-c3ccccc3)cc2)cc1. The van der Waals surface area contributed by atoms with E-state index >= 15 is 0 Å². The molecule has 0 bridgehead atoms. The van der Waals surface area contributed by atoms with E-state index in [-0.39, 0.29) is 0 Å². The Morgan fingerprint density at radius 3 is 0.860 bits per heavy atom. The zero-order valence-corrected chi connectivity index (χ0v) is 60.3. The summed E-state index contributed by atoms with van der Waals surface area (Å²) in [4.78, 5) is 2.38. The number of aromatic nitrogens is 4. The van der Waals surface area contributed by atoms with Crippen LogP contribution >= 0.6 is 15.9 Å². The summed E-state index contributed by atoms with van der Waals surface area (Å²) >= 11 is 3.68. The number of benzene rings is 16. The number of halogens is 1. The van der Waals surface area contributed by atoms with Crippen molar-refractivity contribution in [3.63, 3.8) is 0 Å². The highest BCUT2D eigenvalue weighted by Gasteiger charge is 2.22. The largest absolute Gasteiger partial charge is 0.317 e. The lowest BCUT2D eigenvalue weighted by atomic mass is 9.98. The van der Waals surface area contributed by atoms with Crippen molar-refractivity contribution in [2.75, 3.05) is 4.90 Å². The van der Waals surface area contributed by atoms with Gasteiger partial charge in [0.1, 0.15) is 0 Å². The van der Waals surface area contributed by atoms with Gasteiger partial charge < -0.3 is 23.2 Å². The molecule has 16 aromatic carbocycles. The van der Waals surface area contributed by atoms with Gasteiger partial charge in [-0.1, -0.05) is 283 Å². The Morgan fingerprint density at radius 2 is 0.495 bits per heavy atom. The highest BCUT2D eigenvalue weighted by atomic mass is 79.9. The van der Waals surface area contributed by atoms with E-state index in [1.165, 1.54) is 132 Å². The lowest BCUT2D eigenvalue weighted by molar-refractivity contribution is 1.13. The van der Waals surface area contributed by atoms with Gasteiger partial charge in [0.15, 0.2) is 0 Å². The van der Waals surface area contributed by atoms with Gasteiger partial charge in [0.25, 0.3) is 0 Å². The van der Waals surface area contributed by atoms with Gasteiger partial charge in [-0.15, -0.1) is 0 Å². The molecular formula is C101H72BrN5. The summed E-state index contributed by atoms with van der Waals surface area (Å²) in [5.74, 6) is 0. The summed E-state index contributed by atoms with van der Waals surface area (Å²) < 4.78 is 10.4. The maximum Gasteiger partial charge on any atom is 0.0548 e. The second kappa shape index (κ2) is 29.3. The molecule has 0 aliphatic carbocycles. The highest BCUT2D eigenvalue weighted by molar-refractivity contribution is 9.10. The molecule has 107 heavy (non-hydrogen) atoms. The topological polar surface area (TPSA) is 23.0 Å². The molecule has 0 spiro atoms. The van der Waals surface area contributed by atoms with E-state index in [0.717, 1.165) is 39.3 Å². The van der Waals surface area contributed by atoms with Gasteiger partial charge in [-0.2, -0.15) is 0 Å². The second-order valence-corrected chi connectivity index (χ2v) is 27.9. The summed E-state index contributed by atoms with van der Waals surface area (Å²) in [6.07, 6.45) is 5.33. The Morgan fingerprint density at radius 1 is 0.215 bits per heavy atom. The second-order valence-electron chi connectivity index (χ2n) is 27.0. The van der Waals surface area contributed by atoms with E-state index in [0.29, 0.717) is 0 Å².